The van der Waals surface area contributed by atoms with Gasteiger partial charge in [-0.3, -0.25) is 33.8 Å². The number of amides is 1. The molecule has 1 amide bonds. The number of esters is 1. The molecule has 0 atom stereocenters. The SMILES string of the molecule is C.C.CCOC(=O)c1cn(Cc2cc(C#N)c3ncc(C)cc3c2)nc1C#N.Cc1cnc2c(C#N)cc(Cn3cc(C(=O)O)c(C#N)n3)cc2c1.Cc1cnc2c(C#N)cc(Cn3cc(C(=O)O)c(C(N)=O)n3)cc2c1. The van der Waals surface area contributed by atoms with E-state index in [-0.39, 0.29) is 68.3 Å². The molecule has 9 aromatic rings. The van der Waals surface area contributed by atoms with Crippen LogP contribution in [-0.4, -0.2) is 84.9 Å². The van der Waals surface area contributed by atoms with Gasteiger partial charge in [-0.05, 0) is 116 Å². The number of carboxylic acid groups (broad SMARTS) is 2. The number of ether oxygens (including phenoxy) is 1. The lowest BCUT2D eigenvalue weighted by molar-refractivity contribution is 0.0524. The normalized spacial score (nSPS) is 10.1. The molecule has 0 unspecified atom stereocenters. The number of hydrogen-bond donors (Lipinski definition) is 3. The highest BCUT2D eigenvalue weighted by Gasteiger charge is 2.21. The van der Waals surface area contributed by atoms with Crippen molar-refractivity contribution < 1.29 is 34.1 Å². The van der Waals surface area contributed by atoms with E-state index in [4.69, 9.17) is 25.9 Å². The molecule has 0 fully saturated rings. The topological polar surface area (TPSA) is 355 Å². The fourth-order valence-electron chi connectivity index (χ4n) is 7.88. The largest absolute Gasteiger partial charge is 0.478 e. The summed E-state index contributed by atoms with van der Waals surface area (Å²) in [5, 5.41) is 79.0. The molecule has 384 valence electrons. The predicted molar refractivity (Wildman–Crippen MR) is 279 cm³/mol. The zero-order chi connectivity index (χ0) is 54.1. The third-order valence-corrected chi connectivity index (χ3v) is 11.0. The van der Waals surface area contributed by atoms with E-state index in [1.165, 1.54) is 32.6 Å². The molecule has 0 saturated carbocycles. The van der Waals surface area contributed by atoms with Crippen molar-refractivity contribution in [2.45, 2.75) is 62.2 Å². The smallest absolute Gasteiger partial charge is 0.342 e. The lowest BCUT2D eigenvalue weighted by Crippen LogP contribution is -2.16. The van der Waals surface area contributed by atoms with Crippen LogP contribution in [0.3, 0.4) is 0 Å². The van der Waals surface area contributed by atoms with Gasteiger partial charge >= 0.3 is 17.9 Å². The third kappa shape index (κ3) is 12.9. The van der Waals surface area contributed by atoms with Gasteiger partial charge in [-0.25, -0.2) is 14.4 Å². The minimum Gasteiger partial charge on any atom is -0.478 e. The van der Waals surface area contributed by atoms with E-state index < -0.39 is 23.8 Å². The van der Waals surface area contributed by atoms with Gasteiger partial charge in [0, 0.05) is 53.3 Å². The predicted octanol–water partition coefficient (Wildman–Crippen LogP) is 7.67. The minimum absolute atomic E-state index is 0. The number of nitrogens with two attached hydrogens (primary N) is 1. The van der Waals surface area contributed by atoms with E-state index in [0.717, 1.165) is 49.5 Å². The highest BCUT2D eigenvalue weighted by Crippen LogP contribution is 2.24. The van der Waals surface area contributed by atoms with Crippen LogP contribution in [0.25, 0.3) is 32.7 Å². The second-order valence-corrected chi connectivity index (χ2v) is 16.7. The molecule has 22 heteroatoms. The number of rotatable bonds is 11. The summed E-state index contributed by atoms with van der Waals surface area (Å²) in [5.41, 5.74) is 12.9. The summed E-state index contributed by atoms with van der Waals surface area (Å²) in [6.45, 7) is 8.41. The van der Waals surface area contributed by atoms with Gasteiger partial charge in [-0.1, -0.05) is 14.9 Å². The van der Waals surface area contributed by atoms with Crippen LogP contribution in [-0.2, 0) is 24.4 Å². The number of benzene rings is 3. The zero-order valence-corrected chi connectivity index (χ0v) is 40.3. The Kier molecular flexibility index (Phi) is 18.1. The van der Waals surface area contributed by atoms with Crippen molar-refractivity contribution in [3.63, 3.8) is 0 Å². The second-order valence-electron chi connectivity index (χ2n) is 16.7. The highest BCUT2D eigenvalue weighted by molar-refractivity contribution is 6.02. The summed E-state index contributed by atoms with van der Waals surface area (Å²) in [5.74, 6) is -3.97. The lowest BCUT2D eigenvalue weighted by atomic mass is 10.0. The van der Waals surface area contributed by atoms with Crippen molar-refractivity contribution >= 4 is 56.5 Å². The number of nitriles is 5. The average Bonchev–Trinajstić information content (AvgIpc) is 4.14. The number of aryl methyl sites for hydroxylation is 3. The fraction of sp³-hybridized carbons (Fsp3) is 0.182. The number of primary amides is 1. The van der Waals surface area contributed by atoms with E-state index in [2.05, 4.69) is 48.5 Å². The van der Waals surface area contributed by atoms with Crippen LogP contribution < -0.4 is 5.73 Å². The van der Waals surface area contributed by atoms with E-state index in [1.54, 1.807) is 49.8 Å². The Hall–Kier alpha value is -11.2. The number of pyridine rings is 3. The van der Waals surface area contributed by atoms with Crippen molar-refractivity contribution in [1.29, 1.82) is 26.3 Å². The molecule has 9 rings (SSSR count). The highest BCUT2D eigenvalue weighted by atomic mass is 16.5. The van der Waals surface area contributed by atoms with E-state index >= 15 is 0 Å². The van der Waals surface area contributed by atoms with Crippen molar-refractivity contribution in [2.24, 2.45) is 5.73 Å². The van der Waals surface area contributed by atoms with Crippen molar-refractivity contribution in [3.05, 3.63) is 176 Å². The fourth-order valence-corrected chi connectivity index (χ4v) is 7.88. The maximum atomic E-state index is 11.9. The Morgan fingerprint density at radius 1 is 0.532 bits per heavy atom. The number of fused-ring (bicyclic) bond motifs is 3. The first-order valence-electron chi connectivity index (χ1n) is 22.3. The van der Waals surface area contributed by atoms with Gasteiger partial charge < -0.3 is 20.7 Å². The standard InChI is InChI=1S/C19H15N5O2.C17H13N5O3.C17H11N5O2.2CH4/c1-3-26-19(25)16-11-24(23-17(16)8-21)10-13-5-14-4-12(2)9-22-18(14)15(6-13)7-20;1-9-2-11-3-10(4-12(5-18)14(11)20-6-9)7-22-8-13(17(24)25)15(21-22)16(19)23;1-10-2-12-3-11(4-13(5-18)16(12)20-7-10)8-22-9-14(17(23)24)15(6-19)21-22;;/h4-6,9,11H,3,10H2,1-2H3;2-4,6,8H,7H2,1H3,(H2,19,23)(H,24,25);2-4,7,9H,8H2,1H3,(H,23,24);2*1H4. The third-order valence-electron chi connectivity index (χ3n) is 11.0. The molecule has 0 radical (unpaired) electrons. The van der Waals surface area contributed by atoms with Gasteiger partial charge in [-0.2, -0.15) is 41.6 Å². The Bertz CT molecular complexity index is 3990. The second kappa shape index (κ2) is 24.5. The summed E-state index contributed by atoms with van der Waals surface area (Å²) >= 11 is 0. The maximum Gasteiger partial charge on any atom is 0.342 e. The Morgan fingerprint density at radius 3 is 1.19 bits per heavy atom. The Balaban J connectivity index is 0.000000210. The zero-order valence-electron chi connectivity index (χ0n) is 40.3. The molecule has 22 nitrogen and oxygen atoms in total. The first-order chi connectivity index (χ1) is 35.9. The van der Waals surface area contributed by atoms with Crippen LogP contribution in [0.5, 0.6) is 0 Å². The molecule has 3 aromatic carbocycles. The van der Waals surface area contributed by atoms with Gasteiger partial charge in [0.2, 0.25) is 0 Å². The van der Waals surface area contributed by atoms with Gasteiger partial charge in [0.1, 0.15) is 47.0 Å². The number of carbonyl (C=O) groups excluding carboxylic acids is 2. The molecule has 0 saturated heterocycles. The number of hydrogen-bond acceptors (Lipinski definition) is 16. The van der Waals surface area contributed by atoms with E-state index in [0.29, 0.717) is 39.8 Å². The van der Waals surface area contributed by atoms with Gasteiger partial charge in [0.05, 0.1) is 59.5 Å². The van der Waals surface area contributed by atoms with Gasteiger partial charge in [-0.15, -0.1) is 0 Å². The monoisotopic (exact) mass is 1030 g/mol. The summed E-state index contributed by atoms with van der Waals surface area (Å²) in [7, 11) is 0. The molecule has 0 aliphatic heterocycles. The number of aromatic nitrogens is 9. The molecule has 6 aromatic heterocycles. The lowest BCUT2D eigenvalue weighted by Gasteiger charge is -2.06. The number of carboxylic acids is 2. The number of nitrogens with zero attached hydrogens (tertiary/aromatic N) is 14. The number of aromatic carboxylic acids is 2. The van der Waals surface area contributed by atoms with Gasteiger partial charge in [0.25, 0.3) is 5.91 Å². The molecule has 0 aliphatic carbocycles. The summed E-state index contributed by atoms with van der Waals surface area (Å²) < 4.78 is 9.14. The number of carbonyl (C=O) groups is 4. The molecule has 4 N–H and O–H groups in total. The maximum absolute atomic E-state index is 11.9. The van der Waals surface area contributed by atoms with E-state index in [9.17, 15) is 40.2 Å². The van der Waals surface area contributed by atoms with E-state index in [1.807, 2.05) is 63.2 Å². The Morgan fingerprint density at radius 2 is 0.883 bits per heavy atom. The summed E-state index contributed by atoms with van der Waals surface area (Å²) in [6, 6.07) is 26.6. The molecule has 0 spiro atoms. The van der Waals surface area contributed by atoms with Crippen LogP contribution in [0.15, 0.2) is 91.8 Å². The van der Waals surface area contributed by atoms with Crippen LogP contribution >= 0.6 is 0 Å². The van der Waals surface area contributed by atoms with Crippen LogP contribution in [0.2, 0.25) is 0 Å². The molecular weight excluding hydrogens is 983 g/mol. The summed E-state index contributed by atoms with van der Waals surface area (Å²) in [6.07, 6.45) is 9.16. The van der Waals surface area contributed by atoms with Crippen molar-refractivity contribution in [3.8, 4) is 30.3 Å². The molecule has 0 bridgehead atoms. The average molecular weight is 1030 g/mol. The van der Waals surface area contributed by atoms with Crippen molar-refractivity contribution in [2.75, 3.05) is 6.61 Å². The molecular formula is C55H47N15O7. The van der Waals surface area contributed by atoms with Crippen LogP contribution in [0.4, 0.5) is 0 Å². The van der Waals surface area contributed by atoms with Crippen LogP contribution in [0, 0.1) is 77.4 Å². The van der Waals surface area contributed by atoms with Crippen molar-refractivity contribution in [1.82, 2.24) is 44.3 Å². The first-order valence-corrected chi connectivity index (χ1v) is 22.3. The molecule has 77 heavy (non-hydrogen) atoms. The molecule has 6 heterocycles. The molecule has 0 aliphatic rings. The quantitative estimate of drug-likeness (QED) is 0.105. The first kappa shape index (κ1) is 56.8. The Labute approximate surface area is 440 Å². The summed E-state index contributed by atoms with van der Waals surface area (Å²) in [4.78, 5) is 58.5. The minimum atomic E-state index is -1.28. The van der Waals surface area contributed by atoms with Crippen LogP contribution in [0.1, 0.15) is 125 Å². The van der Waals surface area contributed by atoms with Gasteiger partial charge in [0.15, 0.2) is 17.1 Å².